The molecule has 0 saturated carbocycles. The lowest BCUT2D eigenvalue weighted by Crippen LogP contribution is -2.37. The summed E-state index contributed by atoms with van der Waals surface area (Å²) in [5.41, 5.74) is 0. The number of likely N-dealkylation sites (N-methyl/N-ethyl adjacent to an activating group) is 1. The Morgan fingerprint density at radius 3 is 1.32 bits per heavy atom. The number of hydrogen-bond acceptors (Lipinski definition) is 7. The maximum absolute atomic E-state index is 12.7. The molecule has 0 spiro atoms. The van der Waals surface area contributed by atoms with Crippen molar-refractivity contribution in [1.82, 2.24) is 0 Å². The number of nitrogens with zero attached hydrogens (tertiary/aromatic N) is 1. The van der Waals surface area contributed by atoms with E-state index in [0.29, 0.717) is 23.9 Å². The monoisotopic (exact) mass is 817 g/mol. The van der Waals surface area contributed by atoms with Gasteiger partial charge >= 0.3 is 19.8 Å². The molecular weight excluding hydrogens is 725 g/mol. The number of unbranched alkanes of at least 4 members (excludes halogenated alkanes) is 27. The number of ether oxygens (including phenoxy) is 2. The number of esters is 2. The van der Waals surface area contributed by atoms with Gasteiger partial charge in [-0.25, -0.2) is 4.57 Å². The molecule has 0 aromatic rings. The molecule has 0 heterocycles. The quantitative estimate of drug-likeness (QED) is 0.0213. The fourth-order valence-electron chi connectivity index (χ4n) is 6.60. The van der Waals surface area contributed by atoms with Crippen LogP contribution in [0.2, 0.25) is 0 Å². The van der Waals surface area contributed by atoms with Crippen LogP contribution in [-0.2, 0) is 32.7 Å². The largest absolute Gasteiger partial charge is 0.472 e. The van der Waals surface area contributed by atoms with Gasteiger partial charge in [-0.05, 0) is 38.5 Å². The second-order valence-corrected chi connectivity index (χ2v) is 18.6. The van der Waals surface area contributed by atoms with Crippen molar-refractivity contribution in [2.75, 3.05) is 47.5 Å². The molecule has 0 aromatic heterocycles. The number of phosphoric ester groups is 1. The Balaban J connectivity index is 4.28. The zero-order valence-corrected chi connectivity index (χ0v) is 38.3. The second kappa shape index (κ2) is 39.2. The van der Waals surface area contributed by atoms with Gasteiger partial charge in [-0.15, -0.1) is 0 Å². The average Bonchev–Trinajstić information content (AvgIpc) is 3.15. The predicted octanol–water partition coefficient (Wildman–Crippen LogP) is 13.4. The Labute approximate surface area is 346 Å². The molecule has 0 aliphatic heterocycles. The molecule has 0 saturated heterocycles. The minimum absolute atomic E-state index is 0.0333. The van der Waals surface area contributed by atoms with Gasteiger partial charge in [0.1, 0.15) is 19.8 Å². The normalized spacial score (nSPS) is 13.6. The van der Waals surface area contributed by atoms with E-state index in [-0.39, 0.29) is 25.6 Å². The van der Waals surface area contributed by atoms with Crippen LogP contribution in [0.25, 0.3) is 0 Å². The third kappa shape index (κ3) is 42.4. The fraction of sp³-hybridized carbons (Fsp3) is 0.913. The number of allylic oxidation sites excluding steroid dienone is 2. The van der Waals surface area contributed by atoms with Crippen molar-refractivity contribution < 1.29 is 42.1 Å². The van der Waals surface area contributed by atoms with E-state index in [0.717, 1.165) is 51.4 Å². The highest BCUT2D eigenvalue weighted by molar-refractivity contribution is 7.47. The topological polar surface area (TPSA) is 108 Å². The first-order chi connectivity index (χ1) is 27.0. The summed E-state index contributed by atoms with van der Waals surface area (Å²) < 4.78 is 34.3. The number of quaternary nitrogens is 1. The van der Waals surface area contributed by atoms with Crippen molar-refractivity contribution in [2.45, 2.75) is 225 Å². The van der Waals surface area contributed by atoms with E-state index in [1.54, 1.807) is 0 Å². The van der Waals surface area contributed by atoms with Crippen molar-refractivity contribution in [3.05, 3.63) is 12.2 Å². The molecule has 0 rings (SSSR count). The third-order valence-corrected chi connectivity index (χ3v) is 11.3. The van der Waals surface area contributed by atoms with Gasteiger partial charge < -0.3 is 18.9 Å². The Kier molecular flexibility index (Phi) is 38.3. The molecule has 1 N–H and O–H groups in total. The smallest absolute Gasteiger partial charge is 0.462 e. The molecular formula is C46H91NO8P+. The van der Waals surface area contributed by atoms with E-state index in [1.165, 1.54) is 135 Å². The van der Waals surface area contributed by atoms with Gasteiger partial charge in [0.25, 0.3) is 0 Å². The molecule has 332 valence electrons. The van der Waals surface area contributed by atoms with E-state index in [2.05, 4.69) is 26.0 Å². The van der Waals surface area contributed by atoms with Gasteiger partial charge in [-0.2, -0.15) is 0 Å². The molecule has 0 aliphatic rings. The van der Waals surface area contributed by atoms with Gasteiger partial charge in [-0.3, -0.25) is 18.6 Å². The summed E-state index contributed by atoms with van der Waals surface area (Å²) in [4.78, 5) is 35.4. The van der Waals surface area contributed by atoms with E-state index >= 15 is 0 Å². The first-order valence-electron chi connectivity index (χ1n) is 23.4. The lowest BCUT2D eigenvalue weighted by Gasteiger charge is -2.24. The van der Waals surface area contributed by atoms with Crippen LogP contribution in [0.4, 0.5) is 0 Å². The third-order valence-electron chi connectivity index (χ3n) is 10.3. The lowest BCUT2D eigenvalue weighted by atomic mass is 10.0. The van der Waals surface area contributed by atoms with E-state index in [1.807, 2.05) is 21.1 Å². The molecule has 0 amide bonds. The summed E-state index contributed by atoms with van der Waals surface area (Å²) >= 11 is 0. The Morgan fingerprint density at radius 1 is 0.536 bits per heavy atom. The Bertz CT molecular complexity index is 969. The SMILES string of the molecule is CCCCCCC/C=C\CCCCCCCC(=O)OC(COC(=O)CCCCCCCCCCCCCCCCCCCC)COP(=O)(O)OCC[N+](C)(C)C. The van der Waals surface area contributed by atoms with Crippen LogP contribution in [0.15, 0.2) is 12.2 Å². The molecule has 0 radical (unpaired) electrons. The summed E-state index contributed by atoms with van der Waals surface area (Å²) in [7, 11) is 1.48. The minimum atomic E-state index is -4.37. The summed E-state index contributed by atoms with van der Waals surface area (Å²) in [6, 6.07) is 0. The zero-order chi connectivity index (χ0) is 41.4. The highest BCUT2D eigenvalue weighted by atomic mass is 31.2. The van der Waals surface area contributed by atoms with Crippen LogP contribution >= 0.6 is 7.82 Å². The van der Waals surface area contributed by atoms with Crippen molar-refractivity contribution in [3.8, 4) is 0 Å². The molecule has 2 unspecified atom stereocenters. The predicted molar refractivity (Wildman–Crippen MR) is 234 cm³/mol. The number of phosphoric acid groups is 1. The maximum atomic E-state index is 12.7. The second-order valence-electron chi connectivity index (χ2n) is 17.1. The van der Waals surface area contributed by atoms with E-state index < -0.39 is 26.5 Å². The zero-order valence-electron chi connectivity index (χ0n) is 37.4. The maximum Gasteiger partial charge on any atom is 0.472 e. The van der Waals surface area contributed by atoms with Crippen LogP contribution in [0.1, 0.15) is 219 Å². The number of carbonyl (C=O) groups excluding carboxylic acids is 2. The summed E-state index contributed by atoms with van der Waals surface area (Å²) in [5.74, 6) is -0.797. The Hall–Kier alpha value is -1.25. The number of rotatable bonds is 43. The molecule has 0 aliphatic carbocycles. The summed E-state index contributed by atoms with van der Waals surface area (Å²) in [6.45, 7) is 4.44. The molecule has 0 aromatic carbocycles. The molecule has 2 atom stereocenters. The molecule has 0 bridgehead atoms. The molecule has 56 heavy (non-hydrogen) atoms. The highest BCUT2D eigenvalue weighted by Gasteiger charge is 2.27. The molecule has 0 fully saturated rings. The Morgan fingerprint density at radius 2 is 0.911 bits per heavy atom. The highest BCUT2D eigenvalue weighted by Crippen LogP contribution is 2.43. The standard InChI is InChI=1S/C46H90NO8P/c1-6-8-10-12-14-16-18-20-22-23-24-25-27-28-30-32-34-36-38-45(48)52-42-44(43-54-56(50,51)53-41-40-47(3,4)5)55-46(49)39-37-35-33-31-29-26-21-19-17-15-13-11-9-7-2/h19,21,44H,6-18,20,22-43H2,1-5H3/p+1/b21-19-. The van der Waals surface area contributed by atoms with Crippen molar-refractivity contribution in [2.24, 2.45) is 0 Å². The van der Waals surface area contributed by atoms with Gasteiger partial charge in [0.05, 0.1) is 27.7 Å². The number of carbonyl (C=O) groups is 2. The van der Waals surface area contributed by atoms with Crippen LogP contribution in [0, 0.1) is 0 Å². The van der Waals surface area contributed by atoms with E-state index in [4.69, 9.17) is 18.5 Å². The van der Waals surface area contributed by atoms with Crippen LogP contribution in [-0.4, -0.2) is 74.9 Å². The van der Waals surface area contributed by atoms with Crippen molar-refractivity contribution in [3.63, 3.8) is 0 Å². The van der Waals surface area contributed by atoms with Crippen molar-refractivity contribution in [1.29, 1.82) is 0 Å². The first-order valence-corrected chi connectivity index (χ1v) is 24.9. The van der Waals surface area contributed by atoms with Gasteiger partial charge in [-0.1, -0.05) is 180 Å². The molecule has 9 nitrogen and oxygen atoms in total. The molecule has 10 heteroatoms. The van der Waals surface area contributed by atoms with Crippen LogP contribution < -0.4 is 0 Å². The van der Waals surface area contributed by atoms with Crippen LogP contribution in [0.3, 0.4) is 0 Å². The average molecular weight is 817 g/mol. The minimum Gasteiger partial charge on any atom is -0.462 e. The summed E-state index contributed by atoms with van der Waals surface area (Å²) in [5, 5.41) is 0. The summed E-state index contributed by atoms with van der Waals surface area (Å²) in [6.07, 6.45) is 41.1. The first kappa shape index (κ1) is 54.8. The van der Waals surface area contributed by atoms with Gasteiger partial charge in [0.15, 0.2) is 6.10 Å². The van der Waals surface area contributed by atoms with Crippen LogP contribution in [0.5, 0.6) is 0 Å². The van der Waals surface area contributed by atoms with Gasteiger partial charge in [0, 0.05) is 12.8 Å². The van der Waals surface area contributed by atoms with E-state index in [9.17, 15) is 19.0 Å². The number of hydrogen-bond donors (Lipinski definition) is 1. The van der Waals surface area contributed by atoms with Crippen molar-refractivity contribution >= 4 is 19.8 Å². The van der Waals surface area contributed by atoms with Gasteiger partial charge in [0.2, 0.25) is 0 Å². The lowest BCUT2D eigenvalue weighted by molar-refractivity contribution is -0.870. The fourth-order valence-corrected chi connectivity index (χ4v) is 7.34.